The fraction of sp³-hybridized carbons (Fsp3) is 0.672. The van der Waals surface area contributed by atoms with E-state index in [1.165, 1.54) is 96.3 Å². The SMILES string of the molecule is CCCCC/C=C\C/C=C\C/C=C\C/C=C\CCCC(=O)OC[C@@H](COC(=O)CCCCCCC/C=C\CCCCCCC)OC(=O)CCCC/C=C\C/C=C\C/C=C\CCCCC. The van der Waals surface area contributed by atoms with Gasteiger partial charge in [-0.1, -0.05) is 189 Å². The zero-order chi connectivity index (χ0) is 46.5. The first-order chi connectivity index (χ1) is 31.5. The minimum atomic E-state index is -0.823. The number of rotatable bonds is 46. The summed E-state index contributed by atoms with van der Waals surface area (Å²) in [6.45, 7) is 6.47. The molecule has 0 N–H and O–H groups in total. The lowest BCUT2D eigenvalue weighted by Crippen LogP contribution is -2.30. The second-order valence-corrected chi connectivity index (χ2v) is 17.1. The Bertz CT molecular complexity index is 1300. The lowest BCUT2D eigenvalue weighted by Gasteiger charge is -2.18. The van der Waals surface area contributed by atoms with E-state index in [0.29, 0.717) is 19.3 Å². The number of unbranched alkanes of at least 4 members (excludes halogenated alkanes) is 19. The molecule has 0 saturated heterocycles. The molecule has 0 aromatic carbocycles. The summed E-state index contributed by atoms with van der Waals surface area (Å²) >= 11 is 0. The van der Waals surface area contributed by atoms with Crippen molar-refractivity contribution in [2.45, 2.75) is 239 Å². The Morgan fingerprint density at radius 2 is 0.578 bits per heavy atom. The van der Waals surface area contributed by atoms with E-state index < -0.39 is 6.10 Å². The smallest absolute Gasteiger partial charge is 0.306 e. The summed E-state index contributed by atoms with van der Waals surface area (Å²) in [5.41, 5.74) is 0. The molecule has 0 heterocycles. The first-order valence-electron chi connectivity index (χ1n) is 26.2. The third-order valence-corrected chi connectivity index (χ3v) is 10.8. The summed E-state index contributed by atoms with van der Waals surface area (Å²) in [6, 6.07) is 0. The van der Waals surface area contributed by atoms with E-state index in [1.807, 2.05) is 0 Å². The van der Waals surface area contributed by atoms with Crippen LogP contribution in [0.15, 0.2) is 97.2 Å². The zero-order valence-electron chi connectivity index (χ0n) is 41.5. The van der Waals surface area contributed by atoms with Crippen LogP contribution in [-0.4, -0.2) is 37.2 Å². The topological polar surface area (TPSA) is 78.9 Å². The van der Waals surface area contributed by atoms with Gasteiger partial charge in [0.25, 0.3) is 0 Å². The van der Waals surface area contributed by atoms with Crippen molar-refractivity contribution in [3.63, 3.8) is 0 Å². The fourth-order valence-corrected chi connectivity index (χ4v) is 6.79. The van der Waals surface area contributed by atoms with Gasteiger partial charge in [-0.25, -0.2) is 0 Å². The van der Waals surface area contributed by atoms with Gasteiger partial charge in [-0.15, -0.1) is 0 Å². The molecule has 0 bridgehead atoms. The van der Waals surface area contributed by atoms with Crippen molar-refractivity contribution in [3.8, 4) is 0 Å². The molecule has 0 unspecified atom stereocenters. The molecule has 364 valence electrons. The number of carbonyl (C=O) groups is 3. The molecule has 0 radical (unpaired) electrons. The van der Waals surface area contributed by atoms with Crippen LogP contribution in [0.3, 0.4) is 0 Å². The van der Waals surface area contributed by atoms with E-state index in [2.05, 4.69) is 118 Å². The van der Waals surface area contributed by atoms with Gasteiger partial charge < -0.3 is 14.2 Å². The third kappa shape index (κ3) is 49.3. The van der Waals surface area contributed by atoms with Crippen LogP contribution in [0.1, 0.15) is 233 Å². The minimum Gasteiger partial charge on any atom is -0.462 e. The summed E-state index contributed by atoms with van der Waals surface area (Å²) in [5.74, 6) is -1.02. The van der Waals surface area contributed by atoms with Gasteiger partial charge in [0.2, 0.25) is 0 Å². The second kappa shape index (κ2) is 52.0. The average Bonchev–Trinajstić information content (AvgIpc) is 3.29. The molecule has 0 rings (SSSR count). The molecule has 0 saturated carbocycles. The molecule has 0 aromatic rings. The Balaban J connectivity index is 4.56. The summed E-state index contributed by atoms with van der Waals surface area (Å²) in [6.07, 6.45) is 68.2. The van der Waals surface area contributed by atoms with Crippen LogP contribution in [0.4, 0.5) is 0 Å². The van der Waals surface area contributed by atoms with Crippen LogP contribution in [-0.2, 0) is 28.6 Å². The molecule has 64 heavy (non-hydrogen) atoms. The number of esters is 3. The standard InChI is InChI=1S/C58H96O6/c1-4-7-10-13-16-19-22-25-28-29-31-33-36-39-42-45-48-51-57(60)63-54-55(53-62-56(59)50-47-44-41-38-35-32-27-24-21-18-15-12-9-6-3)64-58(61)52-49-46-43-40-37-34-30-26-23-20-17-14-11-8-5-2/h16-17,19-20,24-28,30-31,33,37,39-40,42,55H,4-15,18,21-23,29,32,34-36,38,41,43-54H2,1-3H3/b19-16-,20-17-,27-24-,28-25-,30-26-,33-31-,40-37-,42-39-/t55-/m1/s1. The summed E-state index contributed by atoms with van der Waals surface area (Å²) < 4.78 is 16.7. The summed E-state index contributed by atoms with van der Waals surface area (Å²) in [5, 5.41) is 0. The minimum absolute atomic E-state index is 0.115. The highest BCUT2D eigenvalue weighted by Gasteiger charge is 2.19. The molecular weight excluding hydrogens is 793 g/mol. The summed E-state index contributed by atoms with van der Waals surface area (Å²) in [4.78, 5) is 38.0. The number of allylic oxidation sites excluding steroid dienone is 16. The van der Waals surface area contributed by atoms with E-state index in [4.69, 9.17) is 14.2 Å². The third-order valence-electron chi connectivity index (χ3n) is 10.8. The van der Waals surface area contributed by atoms with Gasteiger partial charge in [-0.3, -0.25) is 14.4 Å². The molecule has 0 aromatic heterocycles. The van der Waals surface area contributed by atoms with Crippen molar-refractivity contribution in [2.24, 2.45) is 0 Å². The first-order valence-corrected chi connectivity index (χ1v) is 26.2. The molecule has 0 aliphatic carbocycles. The fourth-order valence-electron chi connectivity index (χ4n) is 6.79. The van der Waals surface area contributed by atoms with Crippen LogP contribution in [0.5, 0.6) is 0 Å². The maximum atomic E-state index is 12.8. The van der Waals surface area contributed by atoms with Gasteiger partial charge in [0.05, 0.1) is 0 Å². The number of hydrogen-bond acceptors (Lipinski definition) is 6. The molecular formula is C58H96O6. The van der Waals surface area contributed by atoms with Gasteiger partial charge in [0.1, 0.15) is 13.2 Å². The highest BCUT2D eigenvalue weighted by molar-refractivity contribution is 5.71. The summed E-state index contributed by atoms with van der Waals surface area (Å²) in [7, 11) is 0. The number of ether oxygens (including phenoxy) is 3. The van der Waals surface area contributed by atoms with Crippen LogP contribution in [0, 0.1) is 0 Å². The second-order valence-electron chi connectivity index (χ2n) is 17.1. The predicted molar refractivity (Wildman–Crippen MR) is 274 cm³/mol. The molecule has 6 nitrogen and oxygen atoms in total. The molecule has 0 aliphatic heterocycles. The van der Waals surface area contributed by atoms with Crippen molar-refractivity contribution in [1.82, 2.24) is 0 Å². The quantitative estimate of drug-likeness (QED) is 0.0262. The largest absolute Gasteiger partial charge is 0.462 e. The van der Waals surface area contributed by atoms with Gasteiger partial charge in [-0.05, 0) is 122 Å². The van der Waals surface area contributed by atoms with E-state index in [9.17, 15) is 14.4 Å². The highest BCUT2D eigenvalue weighted by Crippen LogP contribution is 2.12. The molecule has 0 spiro atoms. The van der Waals surface area contributed by atoms with Crippen molar-refractivity contribution in [3.05, 3.63) is 97.2 Å². The Morgan fingerprint density at radius 1 is 0.312 bits per heavy atom. The normalized spacial score (nSPS) is 12.9. The first kappa shape index (κ1) is 60.3. The average molecular weight is 889 g/mol. The van der Waals surface area contributed by atoms with E-state index in [1.54, 1.807) is 0 Å². The molecule has 6 heteroatoms. The molecule has 0 amide bonds. The van der Waals surface area contributed by atoms with Crippen LogP contribution in [0.2, 0.25) is 0 Å². The monoisotopic (exact) mass is 889 g/mol. The Hall–Kier alpha value is -3.67. The van der Waals surface area contributed by atoms with Gasteiger partial charge in [0.15, 0.2) is 6.10 Å². The lowest BCUT2D eigenvalue weighted by molar-refractivity contribution is -0.167. The van der Waals surface area contributed by atoms with Crippen LogP contribution < -0.4 is 0 Å². The lowest BCUT2D eigenvalue weighted by atomic mass is 10.1. The maximum absolute atomic E-state index is 12.8. The van der Waals surface area contributed by atoms with Crippen molar-refractivity contribution >= 4 is 17.9 Å². The zero-order valence-corrected chi connectivity index (χ0v) is 41.5. The number of carbonyl (C=O) groups excluding carboxylic acids is 3. The van der Waals surface area contributed by atoms with E-state index in [0.717, 1.165) is 83.5 Å². The van der Waals surface area contributed by atoms with Crippen LogP contribution >= 0.6 is 0 Å². The van der Waals surface area contributed by atoms with E-state index in [-0.39, 0.29) is 44.0 Å². The van der Waals surface area contributed by atoms with Gasteiger partial charge in [-0.2, -0.15) is 0 Å². The highest BCUT2D eigenvalue weighted by atomic mass is 16.6. The van der Waals surface area contributed by atoms with Gasteiger partial charge in [0, 0.05) is 19.3 Å². The number of hydrogen-bond donors (Lipinski definition) is 0. The van der Waals surface area contributed by atoms with Crippen molar-refractivity contribution in [2.75, 3.05) is 13.2 Å². The van der Waals surface area contributed by atoms with Crippen molar-refractivity contribution < 1.29 is 28.6 Å². The van der Waals surface area contributed by atoms with Crippen molar-refractivity contribution in [1.29, 1.82) is 0 Å². The maximum Gasteiger partial charge on any atom is 0.306 e. The van der Waals surface area contributed by atoms with Crippen LogP contribution in [0.25, 0.3) is 0 Å². The molecule has 1 atom stereocenters. The van der Waals surface area contributed by atoms with E-state index >= 15 is 0 Å². The predicted octanol–water partition coefficient (Wildman–Crippen LogP) is 17.4. The van der Waals surface area contributed by atoms with Gasteiger partial charge >= 0.3 is 17.9 Å². The Labute approximate surface area is 394 Å². The Kier molecular flexibility index (Phi) is 49.0. The molecule has 0 aliphatic rings. The molecule has 0 fully saturated rings. The Morgan fingerprint density at radius 3 is 1.02 bits per heavy atom.